The zero-order valence-corrected chi connectivity index (χ0v) is 12.8. The number of rotatable bonds is 1. The van der Waals surface area contributed by atoms with Crippen molar-refractivity contribution >= 4 is 29.7 Å². The molecule has 2 fully saturated rings. The van der Waals surface area contributed by atoms with E-state index in [4.69, 9.17) is 5.73 Å². The summed E-state index contributed by atoms with van der Waals surface area (Å²) in [4.78, 5) is 15.4. The van der Waals surface area contributed by atoms with Crippen LogP contribution in [0, 0.1) is 18.8 Å². The minimum Gasteiger partial charge on any atom is -0.337 e. The summed E-state index contributed by atoms with van der Waals surface area (Å²) in [6.45, 7) is 3.79. The van der Waals surface area contributed by atoms with Crippen LogP contribution in [0.5, 0.6) is 0 Å². The van der Waals surface area contributed by atoms with Gasteiger partial charge in [0.15, 0.2) is 0 Å². The van der Waals surface area contributed by atoms with Gasteiger partial charge in [-0.3, -0.25) is 4.79 Å². The lowest BCUT2D eigenvalue weighted by Crippen LogP contribution is -2.38. The van der Waals surface area contributed by atoms with Crippen LogP contribution >= 0.6 is 23.7 Å². The fourth-order valence-corrected chi connectivity index (χ4v) is 4.31. The summed E-state index contributed by atoms with van der Waals surface area (Å²) >= 11 is 1.56. The molecule has 0 radical (unpaired) electrons. The van der Waals surface area contributed by atoms with E-state index in [1.165, 1.54) is 12.8 Å². The molecule has 5 heteroatoms. The predicted octanol–water partition coefficient (Wildman–Crippen LogP) is 2.68. The van der Waals surface area contributed by atoms with Gasteiger partial charge in [0, 0.05) is 19.1 Å². The maximum Gasteiger partial charge on any atom is 0.264 e. The lowest BCUT2D eigenvalue weighted by Gasteiger charge is -2.29. The van der Waals surface area contributed by atoms with Crippen molar-refractivity contribution in [2.75, 3.05) is 13.1 Å². The number of thiophene rings is 1. The fraction of sp³-hybridized carbons (Fsp3) is 0.643. The zero-order chi connectivity index (χ0) is 12.7. The van der Waals surface area contributed by atoms with Gasteiger partial charge >= 0.3 is 0 Å². The second kappa shape index (κ2) is 5.81. The number of amides is 1. The molecule has 3 atom stereocenters. The number of likely N-dealkylation sites (tertiary alicyclic amines) is 1. The number of carbonyl (C=O) groups is 1. The first kappa shape index (κ1) is 14.8. The Morgan fingerprint density at radius 1 is 1.42 bits per heavy atom. The van der Waals surface area contributed by atoms with Crippen LogP contribution in [0.2, 0.25) is 0 Å². The molecule has 1 saturated carbocycles. The minimum atomic E-state index is 0. The smallest absolute Gasteiger partial charge is 0.264 e. The van der Waals surface area contributed by atoms with Crippen LogP contribution in [0.4, 0.5) is 0 Å². The first-order valence-corrected chi connectivity index (χ1v) is 7.63. The van der Waals surface area contributed by atoms with Crippen molar-refractivity contribution in [1.29, 1.82) is 0 Å². The van der Waals surface area contributed by atoms with Gasteiger partial charge in [-0.2, -0.15) is 0 Å². The van der Waals surface area contributed by atoms with Crippen LogP contribution in [0.25, 0.3) is 0 Å². The van der Waals surface area contributed by atoms with Gasteiger partial charge in [-0.05, 0) is 48.6 Å². The number of aryl methyl sites for hydroxylation is 1. The molecule has 2 heterocycles. The van der Waals surface area contributed by atoms with Crippen molar-refractivity contribution in [1.82, 2.24) is 4.90 Å². The third-order valence-electron chi connectivity index (χ3n) is 4.50. The standard InChI is InChI=1S/C14H20N2OS.ClH/c1-9-5-6-18-13(9)14(17)16-7-10-3-2-4-12(15)11(10)8-16;/h5-6,10-12H,2-4,7-8,15H2,1H3;1H. The molecule has 1 amide bonds. The van der Waals surface area contributed by atoms with E-state index in [2.05, 4.69) is 0 Å². The summed E-state index contributed by atoms with van der Waals surface area (Å²) in [7, 11) is 0. The molecule has 1 aromatic heterocycles. The molecule has 2 N–H and O–H groups in total. The highest BCUT2D eigenvalue weighted by molar-refractivity contribution is 7.12. The molecular formula is C14H21ClN2OS. The Kier molecular flexibility index (Phi) is 4.54. The van der Waals surface area contributed by atoms with Crippen LogP contribution in [-0.2, 0) is 0 Å². The summed E-state index contributed by atoms with van der Waals surface area (Å²) < 4.78 is 0. The van der Waals surface area contributed by atoms with E-state index in [-0.39, 0.29) is 18.3 Å². The van der Waals surface area contributed by atoms with Crippen molar-refractivity contribution in [3.63, 3.8) is 0 Å². The Hall–Kier alpha value is -0.580. The molecule has 3 rings (SSSR count). The van der Waals surface area contributed by atoms with E-state index >= 15 is 0 Å². The van der Waals surface area contributed by atoms with E-state index in [1.54, 1.807) is 11.3 Å². The molecule has 3 unspecified atom stereocenters. The minimum absolute atomic E-state index is 0. The maximum atomic E-state index is 12.5. The van der Waals surface area contributed by atoms with Crippen molar-refractivity contribution in [2.24, 2.45) is 17.6 Å². The molecule has 1 aliphatic carbocycles. The highest BCUT2D eigenvalue weighted by atomic mass is 35.5. The number of fused-ring (bicyclic) bond motifs is 1. The van der Waals surface area contributed by atoms with E-state index in [1.807, 2.05) is 23.3 Å². The van der Waals surface area contributed by atoms with Gasteiger partial charge in [-0.1, -0.05) is 6.42 Å². The zero-order valence-electron chi connectivity index (χ0n) is 11.2. The molecule has 0 bridgehead atoms. The van der Waals surface area contributed by atoms with E-state index < -0.39 is 0 Å². The molecule has 2 aliphatic rings. The van der Waals surface area contributed by atoms with Crippen molar-refractivity contribution < 1.29 is 4.79 Å². The third kappa shape index (κ3) is 2.67. The first-order chi connectivity index (χ1) is 8.66. The van der Waals surface area contributed by atoms with E-state index in [0.29, 0.717) is 17.9 Å². The van der Waals surface area contributed by atoms with Crippen LogP contribution in [-0.4, -0.2) is 29.9 Å². The molecule has 0 spiro atoms. The monoisotopic (exact) mass is 300 g/mol. The number of hydrogen-bond donors (Lipinski definition) is 1. The molecule has 0 aromatic carbocycles. The Bertz CT molecular complexity index is 462. The number of nitrogens with two attached hydrogens (primary N) is 1. The fourth-order valence-electron chi connectivity index (χ4n) is 3.42. The summed E-state index contributed by atoms with van der Waals surface area (Å²) in [6.07, 6.45) is 3.59. The van der Waals surface area contributed by atoms with Crippen molar-refractivity contribution in [2.45, 2.75) is 32.2 Å². The Balaban J connectivity index is 0.00000133. The van der Waals surface area contributed by atoms with Crippen molar-refractivity contribution in [3.8, 4) is 0 Å². The van der Waals surface area contributed by atoms with Gasteiger partial charge in [0.1, 0.15) is 0 Å². The second-order valence-electron chi connectivity index (χ2n) is 5.66. The molecule has 1 saturated heterocycles. The largest absolute Gasteiger partial charge is 0.337 e. The Morgan fingerprint density at radius 2 is 2.21 bits per heavy atom. The number of hydrogen-bond acceptors (Lipinski definition) is 3. The Labute approximate surface area is 124 Å². The van der Waals surface area contributed by atoms with Crippen LogP contribution in [0.15, 0.2) is 11.4 Å². The highest BCUT2D eigenvalue weighted by Crippen LogP contribution is 2.36. The van der Waals surface area contributed by atoms with Crippen LogP contribution in [0.3, 0.4) is 0 Å². The summed E-state index contributed by atoms with van der Waals surface area (Å²) in [5.41, 5.74) is 7.30. The van der Waals surface area contributed by atoms with Gasteiger partial charge < -0.3 is 10.6 Å². The molecular weight excluding hydrogens is 280 g/mol. The normalized spacial score (nSPS) is 29.8. The van der Waals surface area contributed by atoms with Crippen molar-refractivity contribution in [3.05, 3.63) is 21.9 Å². The van der Waals surface area contributed by atoms with Gasteiger partial charge in [0.05, 0.1) is 4.88 Å². The van der Waals surface area contributed by atoms with Crippen LogP contribution in [0.1, 0.15) is 34.5 Å². The quantitative estimate of drug-likeness (QED) is 0.867. The van der Waals surface area contributed by atoms with Gasteiger partial charge in [-0.15, -0.1) is 23.7 Å². The van der Waals surface area contributed by atoms with Gasteiger partial charge in [-0.25, -0.2) is 0 Å². The lowest BCUT2D eigenvalue weighted by molar-refractivity contribution is 0.0787. The third-order valence-corrected chi connectivity index (χ3v) is 5.50. The summed E-state index contributed by atoms with van der Waals surface area (Å²) in [5.74, 6) is 1.38. The van der Waals surface area contributed by atoms with Crippen LogP contribution < -0.4 is 5.73 Å². The highest BCUT2D eigenvalue weighted by Gasteiger charge is 2.40. The average Bonchev–Trinajstić information content (AvgIpc) is 2.95. The molecule has 1 aromatic rings. The van der Waals surface area contributed by atoms with Gasteiger partial charge in [0.25, 0.3) is 5.91 Å². The average molecular weight is 301 g/mol. The molecule has 3 nitrogen and oxygen atoms in total. The number of halogens is 1. The second-order valence-corrected chi connectivity index (χ2v) is 6.58. The van der Waals surface area contributed by atoms with Gasteiger partial charge in [0.2, 0.25) is 0 Å². The topological polar surface area (TPSA) is 46.3 Å². The number of carbonyl (C=O) groups excluding carboxylic acids is 1. The molecule has 1 aliphatic heterocycles. The number of nitrogens with zero attached hydrogens (tertiary/aromatic N) is 1. The summed E-state index contributed by atoms with van der Waals surface area (Å²) in [6, 6.07) is 2.32. The Morgan fingerprint density at radius 3 is 2.84 bits per heavy atom. The lowest BCUT2D eigenvalue weighted by atomic mass is 9.78. The molecule has 19 heavy (non-hydrogen) atoms. The van der Waals surface area contributed by atoms with E-state index in [9.17, 15) is 4.79 Å². The molecule has 106 valence electrons. The predicted molar refractivity (Wildman–Crippen MR) is 81.0 cm³/mol. The maximum absolute atomic E-state index is 12.5. The summed E-state index contributed by atoms with van der Waals surface area (Å²) in [5, 5.41) is 2.00. The SMILES string of the molecule is Cc1ccsc1C(=O)N1CC2CCCC(N)C2C1.Cl. The first-order valence-electron chi connectivity index (χ1n) is 6.76. The van der Waals surface area contributed by atoms with E-state index in [0.717, 1.165) is 30.0 Å².